The lowest BCUT2D eigenvalue weighted by atomic mass is 10.2. The summed E-state index contributed by atoms with van der Waals surface area (Å²) in [5.74, 6) is 0.721. The van der Waals surface area contributed by atoms with Crippen molar-refractivity contribution in [1.29, 1.82) is 0 Å². The first-order chi connectivity index (χ1) is 14.5. The number of hydrogen-bond donors (Lipinski definition) is 2. The highest BCUT2D eigenvalue weighted by molar-refractivity contribution is 5.93. The van der Waals surface area contributed by atoms with Crippen LogP contribution < -0.4 is 20.2 Å². The summed E-state index contributed by atoms with van der Waals surface area (Å²) in [6, 6.07) is 12.9. The van der Waals surface area contributed by atoms with Gasteiger partial charge in [0.05, 0.1) is 19.9 Å². The molecule has 0 aliphatic heterocycles. The molecule has 0 radical (unpaired) electrons. The van der Waals surface area contributed by atoms with Crippen molar-refractivity contribution in [2.75, 3.05) is 19.0 Å². The highest BCUT2D eigenvalue weighted by Crippen LogP contribution is 2.27. The van der Waals surface area contributed by atoms with E-state index in [1.165, 1.54) is 6.21 Å². The van der Waals surface area contributed by atoms with Crippen molar-refractivity contribution >= 4 is 23.7 Å². The summed E-state index contributed by atoms with van der Waals surface area (Å²) in [6.07, 6.45) is 3.67. The van der Waals surface area contributed by atoms with E-state index in [0.29, 0.717) is 23.8 Å². The molecular weight excluding hydrogens is 382 g/mol. The first kappa shape index (κ1) is 22.9. The minimum absolute atomic E-state index is 0.0442. The molecule has 0 aliphatic rings. The lowest BCUT2D eigenvalue weighted by Gasteiger charge is -2.10. The van der Waals surface area contributed by atoms with Crippen molar-refractivity contribution in [2.45, 2.75) is 39.5 Å². The van der Waals surface area contributed by atoms with Crippen LogP contribution in [0.3, 0.4) is 0 Å². The summed E-state index contributed by atoms with van der Waals surface area (Å²) in [7, 11) is 1.58. The van der Waals surface area contributed by atoms with Crippen LogP contribution in [0.1, 0.15) is 43.7 Å². The van der Waals surface area contributed by atoms with Gasteiger partial charge in [-0.2, -0.15) is 5.10 Å². The molecule has 0 aliphatic carbocycles. The normalized spacial score (nSPS) is 10.6. The van der Waals surface area contributed by atoms with Crippen LogP contribution in [0.5, 0.6) is 11.5 Å². The molecule has 2 amide bonds. The third kappa shape index (κ3) is 7.95. The van der Waals surface area contributed by atoms with Crippen molar-refractivity contribution in [3.05, 3.63) is 53.6 Å². The van der Waals surface area contributed by atoms with E-state index in [2.05, 4.69) is 22.8 Å². The zero-order chi connectivity index (χ0) is 21.8. The molecule has 7 heteroatoms. The maximum absolute atomic E-state index is 11.9. The number of hydrogen-bond acceptors (Lipinski definition) is 5. The first-order valence-corrected chi connectivity index (χ1v) is 10.0. The third-order valence-corrected chi connectivity index (χ3v) is 4.26. The Bertz CT molecular complexity index is 863. The number of carbonyl (C=O) groups is 2. The average molecular weight is 412 g/mol. The summed E-state index contributed by atoms with van der Waals surface area (Å²) in [5, 5.41) is 6.70. The fourth-order valence-corrected chi connectivity index (χ4v) is 2.53. The SMILES string of the molecule is CCCCOc1ccc(C=NNC(=O)CCC(=O)Nc2ccc(C)cc2)cc1OC. The van der Waals surface area contributed by atoms with Gasteiger partial charge in [-0.25, -0.2) is 5.43 Å². The number of amides is 2. The minimum atomic E-state index is -0.336. The smallest absolute Gasteiger partial charge is 0.240 e. The highest BCUT2D eigenvalue weighted by atomic mass is 16.5. The molecule has 0 aromatic heterocycles. The van der Waals surface area contributed by atoms with Crippen LogP contribution in [0.15, 0.2) is 47.6 Å². The van der Waals surface area contributed by atoms with Crippen molar-refractivity contribution < 1.29 is 19.1 Å². The summed E-state index contributed by atoms with van der Waals surface area (Å²) < 4.78 is 11.0. The molecule has 7 nitrogen and oxygen atoms in total. The van der Waals surface area contributed by atoms with Crippen molar-refractivity contribution in [3.63, 3.8) is 0 Å². The van der Waals surface area contributed by atoms with Gasteiger partial charge in [-0.05, 0) is 49.2 Å². The largest absolute Gasteiger partial charge is 0.493 e. The monoisotopic (exact) mass is 411 g/mol. The Kier molecular flexibility index (Phi) is 9.37. The van der Waals surface area contributed by atoms with Crippen LogP contribution in [0.25, 0.3) is 0 Å². The number of hydrazone groups is 1. The Labute approximate surface area is 177 Å². The lowest BCUT2D eigenvalue weighted by Crippen LogP contribution is -2.20. The fraction of sp³-hybridized carbons (Fsp3) is 0.348. The Morgan fingerprint density at radius 3 is 2.47 bits per heavy atom. The molecule has 160 valence electrons. The Morgan fingerprint density at radius 1 is 1.03 bits per heavy atom. The van der Waals surface area contributed by atoms with Crippen LogP contribution in [0.2, 0.25) is 0 Å². The quantitative estimate of drug-likeness (QED) is 0.332. The summed E-state index contributed by atoms with van der Waals surface area (Å²) in [5.41, 5.74) is 5.01. The number of ether oxygens (including phenoxy) is 2. The predicted molar refractivity (Wildman–Crippen MR) is 118 cm³/mol. The van der Waals surface area contributed by atoms with Crippen LogP contribution >= 0.6 is 0 Å². The van der Waals surface area contributed by atoms with E-state index in [1.807, 2.05) is 43.3 Å². The van der Waals surface area contributed by atoms with Gasteiger partial charge < -0.3 is 14.8 Å². The van der Waals surface area contributed by atoms with Gasteiger partial charge in [0.15, 0.2) is 11.5 Å². The molecular formula is C23H29N3O4. The second-order valence-corrected chi connectivity index (χ2v) is 6.82. The van der Waals surface area contributed by atoms with Gasteiger partial charge in [-0.3, -0.25) is 9.59 Å². The number of benzene rings is 2. The third-order valence-electron chi connectivity index (χ3n) is 4.26. The van der Waals surface area contributed by atoms with E-state index in [9.17, 15) is 9.59 Å². The Morgan fingerprint density at radius 2 is 1.77 bits per heavy atom. The van der Waals surface area contributed by atoms with E-state index in [-0.39, 0.29) is 24.7 Å². The maximum atomic E-state index is 11.9. The number of nitrogens with zero attached hydrogens (tertiary/aromatic N) is 1. The highest BCUT2D eigenvalue weighted by Gasteiger charge is 2.07. The number of carbonyl (C=O) groups excluding carboxylic acids is 2. The van der Waals surface area contributed by atoms with Crippen LogP contribution in [0, 0.1) is 6.92 Å². The Balaban J connectivity index is 1.78. The van der Waals surface area contributed by atoms with Crippen molar-refractivity contribution in [1.82, 2.24) is 5.43 Å². The lowest BCUT2D eigenvalue weighted by molar-refractivity contribution is -0.124. The van der Waals surface area contributed by atoms with E-state index < -0.39 is 0 Å². The zero-order valence-electron chi connectivity index (χ0n) is 17.7. The standard InChI is InChI=1S/C23H29N3O4/c1-4-5-14-30-20-11-8-18(15-21(20)29-3)16-24-26-23(28)13-12-22(27)25-19-9-6-17(2)7-10-19/h6-11,15-16H,4-5,12-14H2,1-3H3,(H,25,27)(H,26,28). The molecule has 2 rings (SSSR count). The number of anilines is 1. The second kappa shape index (κ2) is 12.3. The van der Waals surface area contributed by atoms with Gasteiger partial charge in [0.1, 0.15) is 0 Å². The summed E-state index contributed by atoms with van der Waals surface area (Å²) >= 11 is 0. The van der Waals surface area contributed by atoms with Gasteiger partial charge in [0.2, 0.25) is 11.8 Å². The van der Waals surface area contributed by atoms with Gasteiger partial charge >= 0.3 is 0 Å². The molecule has 0 spiro atoms. The summed E-state index contributed by atoms with van der Waals surface area (Å²) in [6.45, 7) is 4.71. The number of nitrogens with one attached hydrogen (secondary N) is 2. The van der Waals surface area contributed by atoms with Crippen LogP contribution in [0.4, 0.5) is 5.69 Å². The fourth-order valence-electron chi connectivity index (χ4n) is 2.53. The van der Waals surface area contributed by atoms with E-state index in [1.54, 1.807) is 13.2 Å². The topological polar surface area (TPSA) is 89.0 Å². The van der Waals surface area contributed by atoms with Crippen LogP contribution in [-0.4, -0.2) is 31.7 Å². The molecule has 2 aromatic carbocycles. The molecule has 30 heavy (non-hydrogen) atoms. The second-order valence-electron chi connectivity index (χ2n) is 6.82. The molecule has 0 unspecified atom stereocenters. The van der Waals surface area contributed by atoms with Gasteiger partial charge in [0.25, 0.3) is 0 Å². The van der Waals surface area contributed by atoms with E-state index in [0.717, 1.165) is 24.0 Å². The number of aryl methyl sites for hydroxylation is 1. The van der Waals surface area contributed by atoms with E-state index >= 15 is 0 Å². The molecule has 2 N–H and O–H groups in total. The number of methoxy groups -OCH3 is 1. The summed E-state index contributed by atoms with van der Waals surface area (Å²) in [4.78, 5) is 23.8. The Hall–Kier alpha value is -3.35. The minimum Gasteiger partial charge on any atom is -0.493 e. The molecule has 0 saturated heterocycles. The molecule has 0 heterocycles. The van der Waals surface area contributed by atoms with Gasteiger partial charge in [0, 0.05) is 18.5 Å². The van der Waals surface area contributed by atoms with Crippen molar-refractivity contribution in [3.8, 4) is 11.5 Å². The predicted octanol–water partition coefficient (Wildman–Crippen LogP) is 4.05. The number of unbranched alkanes of at least 4 members (excludes halogenated alkanes) is 1. The average Bonchev–Trinajstić information content (AvgIpc) is 2.75. The number of rotatable bonds is 11. The molecule has 0 bridgehead atoms. The van der Waals surface area contributed by atoms with Crippen molar-refractivity contribution in [2.24, 2.45) is 5.10 Å². The maximum Gasteiger partial charge on any atom is 0.240 e. The van der Waals surface area contributed by atoms with Crippen LogP contribution in [-0.2, 0) is 9.59 Å². The van der Waals surface area contributed by atoms with Gasteiger partial charge in [-0.1, -0.05) is 31.0 Å². The molecule has 2 aromatic rings. The molecule has 0 atom stereocenters. The van der Waals surface area contributed by atoms with Gasteiger partial charge in [-0.15, -0.1) is 0 Å². The first-order valence-electron chi connectivity index (χ1n) is 10.0. The van der Waals surface area contributed by atoms with E-state index in [4.69, 9.17) is 9.47 Å². The zero-order valence-corrected chi connectivity index (χ0v) is 17.7. The molecule has 0 fully saturated rings. The molecule has 0 saturated carbocycles.